The maximum atomic E-state index is 9.99. The fourth-order valence-corrected chi connectivity index (χ4v) is 8.52. The number of fused-ring (bicyclic) bond motifs is 10. The first-order chi connectivity index (χ1) is 31.2. The Morgan fingerprint density at radius 2 is 0.875 bits per heavy atom. The predicted octanol–water partition coefficient (Wildman–Crippen LogP) is 10.4. The van der Waals surface area contributed by atoms with Crippen LogP contribution >= 0.6 is 0 Å². The standard InChI is InChI=1S/C50H66N14/c1-6-8-10-12-14-16-18-20-22-24-28-63-48-57-42-38-27-26-37(50(3,4)5)32-41(38)45(53-42)58-49-60-47(62-64(49)29-25-23-21-19-17-15-13-11-9-7-2)56-44-40-31-36(34-52)35(33-51)30-39(40)43(54-44)55-46(59-48)61-63/h26-27,30-32H,6-25,28-29H2,1-5H3,(H2,53,54,55,56,57,58,59,60,61,62). The lowest BCUT2D eigenvalue weighted by Gasteiger charge is -2.20. The highest BCUT2D eigenvalue weighted by Gasteiger charge is 2.32. The number of guanidine groups is 4. The van der Waals surface area contributed by atoms with Gasteiger partial charge in [-0.05, 0) is 42.0 Å². The first-order valence-corrected chi connectivity index (χ1v) is 24.1. The van der Waals surface area contributed by atoms with Crippen LogP contribution in [-0.4, -0.2) is 70.3 Å². The topological polar surface area (TPSA) is 177 Å². The van der Waals surface area contributed by atoms with Gasteiger partial charge in [0.2, 0.25) is 23.8 Å². The summed E-state index contributed by atoms with van der Waals surface area (Å²) in [7, 11) is 0. The number of aliphatic imine (C=N–C) groups is 8. The summed E-state index contributed by atoms with van der Waals surface area (Å²) < 4.78 is 0. The smallest absolute Gasteiger partial charge is 0.249 e. The van der Waals surface area contributed by atoms with Gasteiger partial charge in [0.05, 0.1) is 11.1 Å². The van der Waals surface area contributed by atoms with Crippen molar-refractivity contribution in [3.63, 3.8) is 0 Å². The second-order valence-corrected chi connectivity index (χ2v) is 18.5. The summed E-state index contributed by atoms with van der Waals surface area (Å²) in [6, 6.07) is 14.0. The van der Waals surface area contributed by atoms with Crippen molar-refractivity contribution in [2.45, 2.75) is 168 Å². The van der Waals surface area contributed by atoms with Gasteiger partial charge in [-0.1, -0.05) is 162 Å². The van der Waals surface area contributed by atoms with Crippen molar-refractivity contribution < 1.29 is 0 Å². The molecule has 14 heteroatoms. The van der Waals surface area contributed by atoms with Gasteiger partial charge in [-0.2, -0.15) is 40.5 Å². The van der Waals surface area contributed by atoms with E-state index >= 15 is 0 Å². The zero-order valence-corrected chi connectivity index (χ0v) is 38.8. The van der Waals surface area contributed by atoms with Crippen LogP contribution < -0.4 is 10.9 Å². The van der Waals surface area contributed by atoms with Gasteiger partial charge in [-0.15, -0.1) is 0 Å². The third kappa shape index (κ3) is 11.6. The van der Waals surface area contributed by atoms with Crippen LogP contribution in [0.15, 0.2) is 70.3 Å². The van der Waals surface area contributed by atoms with E-state index in [1.54, 1.807) is 12.1 Å². The molecule has 14 nitrogen and oxygen atoms in total. The van der Waals surface area contributed by atoms with Crippen LogP contribution in [0, 0.1) is 22.7 Å². The molecule has 0 spiro atoms. The number of benzene rings is 2. The Hall–Kier alpha value is -6.02. The number of nitriles is 2. The molecule has 5 heterocycles. The number of amidine groups is 4. The molecule has 336 valence electrons. The SMILES string of the molecule is CCCCCCCCCCCCN1NC2=NC3=NC(=NC4=NC(=NC5=NC(=NC1=N2)c1cc(C(C)(C)C)ccc15)N(CCCCCCCCCCCC)N4)c1cc(C#N)c(C#N)cc13. The molecule has 0 aliphatic carbocycles. The molecular formula is C50H66N14. The quantitative estimate of drug-likeness (QED) is 0.111. The number of hydrogen-bond acceptors (Lipinski definition) is 14. The molecule has 0 fully saturated rings. The van der Waals surface area contributed by atoms with Gasteiger partial charge in [-0.25, -0.2) is 9.98 Å². The number of nitrogens with one attached hydrogen (secondary N) is 2. The van der Waals surface area contributed by atoms with E-state index in [9.17, 15) is 10.5 Å². The molecule has 2 aromatic rings. The Balaban J connectivity index is 1.21. The van der Waals surface area contributed by atoms with Crippen molar-refractivity contribution in [2.24, 2.45) is 39.9 Å². The van der Waals surface area contributed by atoms with Gasteiger partial charge in [0.25, 0.3) is 0 Å². The minimum Gasteiger partial charge on any atom is -0.263 e. The summed E-state index contributed by atoms with van der Waals surface area (Å²) in [4.78, 5) is 39.9. The highest BCUT2D eigenvalue weighted by Crippen LogP contribution is 2.30. The number of unbranched alkanes of at least 4 members (excludes halogenated alkanes) is 18. The van der Waals surface area contributed by atoms with Crippen LogP contribution in [0.4, 0.5) is 0 Å². The molecular weight excluding hydrogens is 797 g/mol. The largest absolute Gasteiger partial charge is 0.263 e. The fourth-order valence-electron chi connectivity index (χ4n) is 8.52. The summed E-state index contributed by atoms with van der Waals surface area (Å²) in [5.74, 6) is 3.15. The molecule has 2 aromatic carbocycles. The van der Waals surface area contributed by atoms with E-state index in [0.29, 0.717) is 71.4 Å². The van der Waals surface area contributed by atoms with Crippen LogP contribution in [0.2, 0.25) is 0 Å². The third-order valence-electron chi connectivity index (χ3n) is 12.3. The molecule has 0 unspecified atom stereocenters. The lowest BCUT2D eigenvalue weighted by atomic mass is 9.85. The van der Waals surface area contributed by atoms with E-state index in [-0.39, 0.29) is 16.5 Å². The summed E-state index contributed by atoms with van der Waals surface area (Å²) in [6.07, 6.45) is 24.6. The van der Waals surface area contributed by atoms with Gasteiger partial charge in [-0.3, -0.25) is 20.9 Å². The number of hydrogen-bond donors (Lipinski definition) is 2. The van der Waals surface area contributed by atoms with E-state index in [2.05, 4.69) is 75.8 Å². The molecule has 8 bridgehead atoms. The number of nitrogens with zero attached hydrogens (tertiary/aromatic N) is 12. The number of hydrazine groups is 2. The molecule has 0 saturated carbocycles. The normalized spacial score (nSPS) is 16.0. The van der Waals surface area contributed by atoms with Crippen LogP contribution in [0.3, 0.4) is 0 Å². The summed E-state index contributed by atoms with van der Waals surface area (Å²) >= 11 is 0. The van der Waals surface area contributed by atoms with Gasteiger partial charge >= 0.3 is 0 Å². The molecule has 0 amide bonds. The Labute approximate surface area is 380 Å². The average molecular weight is 863 g/mol. The van der Waals surface area contributed by atoms with Crippen molar-refractivity contribution in [1.29, 1.82) is 10.5 Å². The monoisotopic (exact) mass is 863 g/mol. The Morgan fingerprint density at radius 3 is 1.38 bits per heavy atom. The Bertz CT molecular complexity index is 2360. The highest BCUT2D eigenvalue weighted by molar-refractivity contribution is 6.29. The summed E-state index contributed by atoms with van der Waals surface area (Å²) in [5, 5.41) is 23.9. The summed E-state index contributed by atoms with van der Waals surface area (Å²) in [6.45, 7) is 12.5. The van der Waals surface area contributed by atoms with Crippen molar-refractivity contribution in [3.8, 4) is 12.1 Å². The van der Waals surface area contributed by atoms with Gasteiger partial charge < -0.3 is 0 Å². The molecule has 2 N–H and O–H groups in total. The molecule has 0 aromatic heterocycles. The average Bonchev–Trinajstić information content (AvgIpc) is 4.04. The minimum atomic E-state index is -0.104. The molecule has 5 aliphatic rings. The van der Waals surface area contributed by atoms with Crippen LogP contribution in [0.1, 0.15) is 202 Å². The molecule has 0 radical (unpaired) electrons. The number of rotatable bonds is 22. The van der Waals surface area contributed by atoms with Crippen molar-refractivity contribution in [3.05, 3.63) is 69.3 Å². The first-order valence-electron chi connectivity index (χ1n) is 24.1. The maximum absolute atomic E-state index is 9.99. The predicted molar refractivity (Wildman–Crippen MR) is 260 cm³/mol. The van der Waals surface area contributed by atoms with Crippen molar-refractivity contribution >= 4 is 47.2 Å². The van der Waals surface area contributed by atoms with E-state index in [1.165, 1.54) is 103 Å². The third-order valence-corrected chi connectivity index (χ3v) is 12.3. The first kappa shape index (κ1) is 46.0. The molecule has 0 saturated heterocycles. The molecule has 7 rings (SSSR count). The zero-order chi connectivity index (χ0) is 44.9. The maximum Gasteiger partial charge on any atom is 0.249 e. The fraction of sp³-hybridized carbons (Fsp3) is 0.560. The van der Waals surface area contributed by atoms with Gasteiger partial charge in [0, 0.05) is 35.3 Å². The Morgan fingerprint density at radius 1 is 0.453 bits per heavy atom. The van der Waals surface area contributed by atoms with Gasteiger partial charge in [0.1, 0.15) is 12.1 Å². The van der Waals surface area contributed by atoms with Crippen LogP contribution in [0.5, 0.6) is 0 Å². The van der Waals surface area contributed by atoms with Crippen molar-refractivity contribution in [2.75, 3.05) is 13.1 Å². The molecule has 64 heavy (non-hydrogen) atoms. The van der Waals surface area contributed by atoms with Crippen LogP contribution in [-0.2, 0) is 5.41 Å². The second kappa shape index (κ2) is 22.1. The lowest BCUT2D eigenvalue weighted by molar-refractivity contribution is 0.370. The van der Waals surface area contributed by atoms with Crippen LogP contribution in [0.25, 0.3) is 0 Å². The zero-order valence-electron chi connectivity index (χ0n) is 38.8. The Kier molecular flexibility index (Phi) is 15.8. The van der Waals surface area contributed by atoms with E-state index < -0.39 is 0 Å². The molecule has 5 aliphatic heterocycles. The lowest BCUT2D eigenvalue weighted by Crippen LogP contribution is -2.39. The van der Waals surface area contributed by atoms with E-state index in [0.717, 1.165) is 42.4 Å². The highest BCUT2D eigenvalue weighted by atomic mass is 15.6. The minimum absolute atomic E-state index is 0.104. The van der Waals surface area contributed by atoms with Gasteiger partial charge in [0.15, 0.2) is 23.3 Å². The summed E-state index contributed by atoms with van der Waals surface area (Å²) in [5.41, 5.74) is 11.2. The molecule has 0 atom stereocenters. The van der Waals surface area contributed by atoms with Crippen molar-refractivity contribution in [1.82, 2.24) is 20.9 Å². The van der Waals surface area contributed by atoms with E-state index in [1.807, 2.05) is 10.0 Å². The second-order valence-electron chi connectivity index (χ2n) is 18.5. The van der Waals surface area contributed by atoms with E-state index in [4.69, 9.17) is 39.9 Å².